The van der Waals surface area contributed by atoms with Gasteiger partial charge in [-0.1, -0.05) is 13.8 Å². The average molecular weight is 216 g/mol. The van der Waals surface area contributed by atoms with Crippen LogP contribution in [0, 0.1) is 5.92 Å². The van der Waals surface area contributed by atoms with Crippen LogP contribution in [-0.4, -0.2) is 32.2 Å². The van der Waals surface area contributed by atoms with E-state index in [2.05, 4.69) is 19.2 Å². The largest absolute Gasteiger partial charge is 0.383 e. The molecule has 0 rings (SSSR count). The van der Waals surface area contributed by atoms with Crippen LogP contribution in [-0.2, 0) is 9.53 Å². The number of ether oxygens (including phenoxy) is 1. The molecule has 0 spiro atoms. The van der Waals surface area contributed by atoms with E-state index in [9.17, 15) is 4.79 Å². The molecular weight excluding hydrogens is 192 g/mol. The molecule has 1 unspecified atom stereocenters. The minimum Gasteiger partial charge on any atom is -0.383 e. The lowest BCUT2D eigenvalue weighted by Gasteiger charge is -2.21. The molecule has 0 aromatic heterocycles. The van der Waals surface area contributed by atoms with Gasteiger partial charge in [0.05, 0.1) is 12.6 Å². The Morgan fingerprint density at radius 1 is 1.40 bits per heavy atom. The van der Waals surface area contributed by atoms with E-state index in [1.54, 1.807) is 7.11 Å². The van der Waals surface area contributed by atoms with Gasteiger partial charge in [-0.2, -0.15) is 0 Å². The first-order chi connectivity index (χ1) is 7.11. The predicted molar refractivity (Wildman–Crippen MR) is 61.6 cm³/mol. The van der Waals surface area contributed by atoms with Crippen LogP contribution >= 0.6 is 0 Å². The van der Waals surface area contributed by atoms with Gasteiger partial charge in [-0.25, -0.2) is 0 Å². The molecule has 0 radical (unpaired) electrons. The highest BCUT2D eigenvalue weighted by molar-refractivity contribution is 5.76. The highest BCUT2D eigenvalue weighted by Gasteiger charge is 2.15. The summed E-state index contributed by atoms with van der Waals surface area (Å²) in [6, 6.07) is 0.111. The summed E-state index contributed by atoms with van der Waals surface area (Å²) in [6.45, 7) is 5.37. The van der Waals surface area contributed by atoms with E-state index in [0.717, 1.165) is 12.8 Å². The Hall–Kier alpha value is -0.610. The molecule has 0 bridgehead atoms. The normalized spacial score (nSPS) is 12.9. The second-order valence-corrected chi connectivity index (χ2v) is 4.12. The first kappa shape index (κ1) is 14.4. The fraction of sp³-hybridized carbons (Fsp3) is 0.909. The van der Waals surface area contributed by atoms with Crippen molar-refractivity contribution in [2.45, 2.75) is 39.2 Å². The Balaban J connectivity index is 3.78. The van der Waals surface area contributed by atoms with Crippen LogP contribution in [0.2, 0.25) is 0 Å². The molecule has 0 aliphatic carbocycles. The molecule has 4 nitrogen and oxygen atoms in total. The van der Waals surface area contributed by atoms with E-state index in [1.165, 1.54) is 0 Å². The van der Waals surface area contributed by atoms with Crippen LogP contribution in [0.1, 0.15) is 33.1 Å². The molecule has 3 N–H and O–H groups in total. The third-order valence-electron chi connectivity index (χ3n) is 2.36. The van der Waals surface area contributed by atoms with Crippen LogP contribution in [0.3, 0.4) is 0 Å². The maximum Gasteiger partial charge on any atom is 0.220 e. The second-order valence-electron chi connectivity index (χ2n) is 4.12. The first-order valence-electron chi connectivity index (χ1n) is 5.60. The smallest absolute Gasteiger partial charge is 0.220 e. The number of nitrogens with two attached hydrogens (primary N) is 1. The third-order valence-corrected chi connectivity index (χ3v) is 2.36. The molecule has 0 heterocycles. The zero-order valence-corrected chi connectivity index (χ0v) is 10.1. The zero-order valence-electron chi connectivity index (χ0n) is 10.1. The van der Waals surface area contributed by atoms with Crippen molar-refractivity contribution in [3.8, 4) is 0 Å². The Morgan fingerprint density at radius 3 is 2.53 bits per heavy atom. The number of carbonyl (C=O) groups is 1. The van der Waals surface area contributed by atoms with Crippen molar-refractivity contribution in [1.82, 2.24) is 5.32 Å². The number of unbranched alkanes of at least 4 members (excludes halogenated alkanes) is 1. The van der Waals surface area contributed by atoms with Crippen LogP contribution in [0.5, 0.6) is 0 Å². The molecule has 1 atom stereocenters. The van der Waals surface area contributed by atoms with Crippen LogP contribution in [0.25, 0.3) is 0 Å². The second kappa shape index (κ2) is 8.68. The van der Waals surface area contributed by atoms with Gasteiger partial charge in [-0.3, -0.25) is 4.79 Å². The fourth-order valence-electron chi connectivity index (χ4n) is 1.29. The summed E-state index contributed by atoms with van der Waals surface area (Å²) in [5, 5.41) is 2.97. The standard InChI is InChI=1S/C11H24N2O2/c1-9(2)10(8-15-3)13-11(14)6-4-5-7-12/h9-10H,4-8,12H2,1-3H3,(H,13,14). The van der Waals surface area contributed by atoms with E-state index in [-0.39, 0.29) is 11.9 Å². The summed E-state index contributed by atoms with van der Waals surface area (Å²) in [7, 11) is 1.65. The SMILES string of the molecule is COCC(NC(=O)CCCCN)C(C)C. The number of amides is 1. The molecule has 4 heteroatoms. The number of hydrogen-bond acceptors (Lipinski definition) is 3. The topological polar surface area (TPSA) is 64.3 Å². The van der Waals surface area contributed by atoms with E-state index >= 15 is 0 Å². The van der Waals surface area contributed by atoms with Crippen molar-refractivity contribution in [2.24, 2.45) is 11.7 Å². The first-order valence-corrected chi connectivity index (χ1v) is 5.60. The fourth-order valence-corrected chi connectivity index (χ4v) is 1.29. The highest BCUT2D eigenvalue weighted by atomic mass is 16.5. The van der Waals surface area contributed by atoms with Gasteiger partial charge in [-0.15, -0.1) is 0 Å². The highest BCUT2D eigenvalue weighted by Crippen LogP contribution is 2.03. The molecule has 0 aromatic rings. The summed E-state index contributed by atoms with van der Waals surface area (Å²) >= 11 is 0. The summed E-state index contributed by atoms with van der Waals surface area (Å²) in [5.41, 5.74) is 5.36. The molecule has 1 amide bonds. The predicted octanol–water partition coefficient (Wildman–Crippen LogP) is 0.903. The Kier molecular flexibility index (Phi) is 8.33. The monoisotopic (exact) mass is 216 g/mol. The van der Waals surface area contributed by atoms with Crippen molar-refractivity contribution in [1.29, 1.82) is 0 Å². The van der Waals surface area contributed by atoms with Gasteiger partial charge in [0.2, 0.25) is 5.91 Å². The maximum absolute atomic E-state index is 11.5. The summed E-state index contributed by atoms with van der Waals surface area (Å²) < 4.78 is 5.06. The van der Waals surface area contributed by atoms with Gasteiger partial charge in [0.1, 0.15) is 0 Å². The van der Waals surface area contributed by atoms with E-state index in [0.29, 0.717) is 25.5 Å². The summed E-state index contributed by atoms with van der Waals surface area (Å²) in [4.78, 5) is 11.5. The number of hydrogen-bond donors (Lipinski definition) is 2. The number of rotatable bonds is 8. The molecule has 0 aliphatic rings. The van der Waals surface area contributed by atoms with Crippen molar-refractivity contribution >= 4 is 5.91 Å². The minimum atomic E-state index is 0.0965. The van der Waals surface area contributed by atoms with E-state index in [1.807, 2.05) is 0 Å². The summed E-state index contributed by atoms with van der Waals surface area (Å²) in [6.07, 6.45) is 2.33. The van der Waals surface area contributed by atoms with Crippen molar-refractivity contribution in [2.75, 3.05) is 20.3 Å². The van der Waals surface area contributed by atoms with Crippen LogP contribution < -0.4 is 11.1 Å². The minimum absolute atomic E-state index is 0.0965. The van der Waals surface area contributed by atoms with Gasteiger partial charge in [-0.05, 0) is 25.3 Å². The number of nitrogens with one attached hydrogen (secondary N) is 1. The molecule has 0 fully saturated rings. The van der Waals surface area contributed by atoms with E-state index < -0.39 is 0 Å². The lowest BCUT2D eigenvalue weighted by molar-refractivity contribution is -0.122. The molecule has 15 heavy (non-hydrogen) atoms. The molecule has 0 saturated carbocycles. The van der Waals surface area contributed by atoms with Gasteiger partial charge in [0.25, 0.3) is 0 Å². The van der Waals surface area contributed by atoms with Gasteiger partial charge in [0.15, 0.2) is 0 Å². The molecule has 0 aromatic carbocycles. The molecular formula is C11H24N2O2. The van der Waals surface area contributed by atoms with Gasteiger partial charge >= 0.3 is 0 Å². The van der Waals surface area contributed by atoms with Crippen LogP contribution in [0.15, 0.2) is 0 Å². The third kappa shape index (κ3) is 7.33. The lowest BCUT2D eigenvalue weighted by Crippen LogP contribution is -2.41. The maximum atomic E-state index is 11.5. The van der Waals surface area contributed by atoms with Crippen molar-refractivity contribution in [3.05, 3.63) is 0 Å². The van der Waals surface area contributed by atoms with Gasteiger partial charge in [0, 0.05) is 13.5 Å². The Bertz CT molecular complexity index is 172. The lowest BCUT2D eigenvalue weighted by atomic mass is 10.1. The van der Waals surface area contributed by atoms with Crippen molar-refractivity contribution in [3.63, 3.8) is 0 Å². The van der Waals surface area contributed by atoms with Gasteiger partial charge < -0.3 is 15.8 Å². The summed E-state index contributed by atoms with van der Waals surface area (Å²) in [5.74, 6) is 0.489. The molecule has 90 valence electrons. The average Bonchev–Trinajstić information content (AvgIpc) is 2.17. The number of carbonyl (C=O) groups excluding carboxylic acids is 1. The zero-order chi connectivity index (χ0) is 11.7. The van der Waals surface area contributed by atoms with E-state index in [4.69, 9.17) is 10.5 Å². The van der Waals surface area contributed by atoms with Crippen molar-refractivity contribution < 1.29 is 9.53 Å². The molecule has 0 saturated heterocycles. The number of methoxy groups -OCH3 is 1. The quantitative estimate of drug-likeness (QED) is 0.593. The van der Waals surface area contributed by atoms with Crippen LogP contribution in [0.4, 0.5) is 0 Å². The Labute approximate surface area is 92.6 Å². The Morgan fingerprint density at radius 2 is 2.07 bits per heavy atom. The molecule has 0 aliphatic heterocycles.